The summed E-state index contributed by atoms with van der Waals surface area (Å²) < 4.78 is 5.00. The van der Waals surface area contributed by atoms with Crippen LogP contribution in [0.15, 0.2) is 12.1 Å². The van der Waals surface area contributed by atoms with Gasteiger partial charge in [0.15, 0.2) is 0 Å². The largest absolute Gasteiger partial charge is 0.507 e. The molecule has 1 unspecified atom stereocenters. The van der Waals surface area contributed by atoms with Gasteiger partial charge in [-0.15, -0.1) is 0 Å². The maximum atomic E-state index is 10.6. The minimum Gasteiger partial charge on any atom is -0.507 e. The first-order valence-corrected chi connectivity index (χ1v) is 7.83. The van der Waals surface area contributed by atoms with Crippen molar-refractivity contribution in [1.29, 1.82) is 0 Å². The number of phenolic OH excluding ortho intramolecular Hbond substituents is 2. The highest BCUT2D eigenvalue weighted by atomic mass is 32.2. The molecule has 1 aromatic rings. The number of rotatable bonds is 8. The quantitative estimate of drug-likeness (QED) is 0.681. The molecule has 0 aliphatic rings. The van der Waals surface area contributed by atoms with Crippen LogP contribution in [0.3, 0.4) is 0 Å². The van der Waals surface area contributed by atoms with Crippen molar-refractivity contribution in [2.75, 3.05) is 12.9 Å². The zero-order chi connectivity index (χ0) is 16.0. The van der Waals surface area contributed by atoms with Gasteiger partial charge in [0.1, 0.15) is 17.2 Å². The van der Waals surface area contributed by atoms with Gasteiger partial charge in [-0.2, -0.15) is 11.8 Å². The van der Waals surface area contributed by atoms with Crippen LogP contribution < -0.4 is 4.74 Å². The smallest absolute Gasteiger partial charge is 0.304 e. The highest BCUT2D eigenvalue weighted by Gasteiger charge is 2.22. The Labute approximate surface area is 128 Å². The van der Waals surface area contributed by atoms with Gasteiger partial charge in [-0.05, 0) is 12.3 Å². The number of aromatic hydroxyl groups is 2. The molecule has 0 fully saturated rings. The summed E-state index contributed by atoms with van der Waals surface area (Å²) in [4.78, 5) is 10.6. The SMILES string of the molecule is COc1cc(O)c(C(CC(C)C)SCCC(=O)O)c(O)c1. The summed E-state index contributed by atoms with van der Waals surface area (Å²) >= 11 is 1.43. The van der Waals surface area contributed by atoms with Crippen LogP contribution in [-0.2, 0) is 4.79 Å². The molecule has 6 heteroatoms. The third kappa shape index (κ3) is 5.38. The Morgan fingerprint density at radius 1 is 1.29 bits per heavy atom. The summed E-state index contributed by atoms with van der Waals surface area (Å²) in [7, 11) is 1.46. The van der Waals surface area contributed by atoms with Gasteiger partial charge >= 0.3 is 5.97 Å². The molecule has 3 N–H and O–H groups in total. The summed E-state index contributed by atoms with van der Waals surface area (Å²) in [5, 5.41) is 28.8. The van der Waals surface area contributed by atoms with Gasteiger partial charge in [0, 0.05) is 28.7 Å². The lowest BCUT2D eigenvalue weighted by atomic mass is 10.0. The number of hydrogen-bond donors (Lipinski definition) is 3. The van der Waals surface area contributed by atoms with E-state index in [2.05, 4.69) is 0 Å². The summed E-state index contributed by atoms with van der Waals surface area (Å²) in [5.74, 6) is 0.257. The molecule has 21 heavy (non-hydrogen) atoms. The fourth-order valence-electron chi connectivity index (χ4n) is 2.03. The van der Waals surface area contributed by atoms with E-state index < -0.39 is 5.97 Å². The Balaban J connectivity index is 2.99. The number of methoxy groups -OCH3 is 1. The predicted molar refractivity (Wildman–Crippen MR) is 83.2 cm³/mol. The highest BCUT2D eigenvalue weighted by molar-refractivity contribution is 7.99. The molecular formula is C15H22O5S. The molecule has 0 aliphatic heterocycles. The molecular weight excluding hydrogens is 292 g/mol. The van der Waals surface area contributed by atoms with E-state index in [1.165, 1.54) is 31.0 Å². The van der Waals surface area contributed by atoms with Crippen molar-refractivity contribution in [3.05, 3.63) is 17.7 Å². The lowest BCUT2D eigenvalue weighted by Gasteiger charge is -2.21. The third-order valence-electron chi connectivity index (χ3n) is 2.99. The van der Waals surface area contributed by atoms with Crippen LogP contribution in [0.1, 0.15) is 37.5 Å². The van der Waals surface area contributed by atoms with Crippen molar-refractivity contribution in [3.63, 3.8) is 0 Å². The number of carboxylic acid groups (broad SMARTS) is 1. The number of hydrogen-bond acceptors (Lipinski definition) is 5. The third-order valence-corrected chi connectivity index (χ3v) is 4.26. The van der Waals surface area contributed by atoms with Crippen LogP contribution in [0.4, 0.5) is 0 Å². The number of benzene rings is 1. The average Bonchev–Trinajstić information content (AvgIpc) is 2.36. The summed E-state index contributed by atoms with van der Waals surface area (Å²) in [6.07, 6.45) is 0.786. The number of aliphatic carboxylic acids is 1. The topological polar surface area (TPSA) is 87.0 Å². The lowest BCUT2D eigenvalue weighted by Crippen LogP contribution is -2.04. The zero-order valence-corrected chi connectivity index (χ0v) is 13.3. The van der Waals surface area contributed by atoms with E-state index in [0.29, 0.717) is 23.0 Å². The molecule has 0 spiro atoms. The van der Waals surface area contributed by atoms with E-state index in [4.69, 9.17) is 9.84 Å². The first-order valence-electron chi connectivity index (χ1n) is 6.78. The molecule has 0 saturated carbocycles. The first-order chi connectivity index (χ1) is 9.85. The molecule has 0 saturated heterocycles. The lowest BCUT2D eigenvalue weighted by molar-refractivity contribution is -0.136. The van der Waals surface area contributed by atoms with Gasteiger partial charge in [0.05, 0.1) is 13.5 Å². The van der Waals surface area contributed by atoms with Gasteiger partial charge in [0.25, 0.3) is 0 Å². The second-order valence-corrected chi connectivity index (χ2v) is 6.52. The molecule has 5 nitrogen and oxygen atoms in total. The fraction of sp³-hybridized carbons (Fsp3) is 0.533. The van der Waals surface area contributed by atoms with Gasteiger partial charge in [-0.3, -0.25) is 4.79 Å². The monoisotopic (exact) mass is 314 g/mol. The standard InChI is InChI=1S/C15H22O5S/c1-9(2)6-13(21-5-4-14(18)19)15-11(16)7-10(20-3)8-12(15)17/h7-9,13,16-17H,4-6H2,1-3H3,(H,18,19). The van der Waals surface area contributed by atoms with Gasteiger partial charge in [0.2, 0.25) is 0 Å². The van der Waals surface area contributed by atoms with Crippen molar-refractivity contribution in [2.45, 2.75) is 31.9 Å². The summed E-state index contributed by atoms with van der Waals surface area (Å²) in [6.45, 7) is 4.09. The van der Waals surface area contributed by atoms with Crippen LogP contribution in [0.5, 0.6) is 17.2 Å². The van der Waals surface area contributed by atoms with E-state index in [0.717, 1.165) is 6.42 Å². The maximum Gasteiger partial charge on any atom is 0.304 e. The molecule has 0 aromatic heterocycles. The second kappa shape index (κ2) is 8.02. The van der Waals surface area contributed by atoms with Crippen LogP contribution in [0.2, 0.25) is 0 Å². The predicted octanol–water partition coefficient (Wildman–Crippen LogP) is 3.40. The van der Waals surface area contributed by atoms with Crippen LogP contribution >= 0.6 is 11.8 Å². The molecule has 118 valence electrons. The van der Waals surface area contributed by atoms with E-state index in [9.17, 15) is 15.0 Å². The van der Waals surface area contributed by atoms with Crippen molar-refractivity contribution in [2.24, 2.45) is 5.92 Å². The molecule has 1 aromatic carbocycles. The van der Waals surface area contributed by atoms with Crippen molar-refractivity contribution in [3.8, 4) is 17.2 Å². The van der Waals surface area contributed by atoms with E-state index >= 15 is 0 Å². The number of phenols is 2. The van der Waals surface area contributed by atoms with Crippen molar-refractivity contribution >= 4 is 17.7 Å². The summed E-state index contributed by atoms with van der Waals surface area (Å²) in [5.41, 5.74) is 0.444. The van der Waals surface area contributed by atoms with Crippen LogP contribution in [-0.4, -0.2) is 34.2 Å². The van der Waals surface area contributed by atoms with Gasteiger partial charge in [-0.1, -0.05) is 13.8 Å². The highest BCUT2D eigenvalue weighted by Crippen LogP contribution is 2.45. The van der Waals surface area contributed by atoms with E-state index in [-0.39, 0.29) is 23.2 Å². The maximum absolute atomic E-state index is 10.6. The second-order valence-electron chi connectivity index (χ2n) is 5.21. The number of ether oxygens (including phenoxy) is 1. The Morgan fingerprint density at radius 3 is 2.29 bits per heavy atom. The Hall–Kier alpha value is -1.56. The van der Waals surface area contributed by atoms with E-state index in [1.54, 1.807) is 0 Å². The average molecular weight is 314 g/mol. The number of carboxylic acids is 1. The molecule has 0 aliphatic carbocycles. The molecule has 1 atom stereocenters. The van der Waals surface area contributed by atoms with Crippen LogP contribution in [0, 0.1) is 5.92 Å². The molecule has 0 radical (unpaired) electrons. The molecule has 0 amide bonds. The Bertz CT molecular complexity index is 464. The summed E-state index contributed by atoms with van der Waals surface area (Å²) in [6, 6.07) is 2.92. The van der Waals surface area contributed by atoms with Gasteiger partial charge in [-0.25, -0.2) is 0 Å². The minimum atomic E-state index is -0.853. The van der Waals surface area contributed by atoms with Crippen LogP contribution in [0.25, 0.3) is 0 Å². The fourth-order valence-corrected chi connectivity index (χ4v) is 3.54. The minimum absolute atomic E-state index is 0.0275. The molecule has 1 rings (SSSR count). The van der Waals surface area contributed by atoms with Gasteiger partial charge < -0.3 is 20.1 Å². The van der Waals surface area contributed by atoms with Crippen molar-refractivity contribution < 1.29 is 24.9 Å². The first kappa shape index (κ1) is 17.5. The number of carbonyl (C=O) groups is 1. The zero-order valence-electron chi connectivity index (χ0n) is 12.5. The Kier molecular flexibility index (Phi) is 6.68. The van der Waals surface area contributed by atoms with Crippen molar-refractivity contribution in [1.82, 2.24) is 0 Å². The number of thioether (sulfide) groups is 1. The molecule has 0 bridgehead atoms. The van der Waals surface area contributed by atoms with E-state index in [1.807, 2.05) is 13.8 Å². The Morgan fingerprint density at radius 2 is 1.86 bits per heavy atom. The molecule has 0 heterocycles. The normalized spacial score (nSPS) is 12.4.